The Morgan fingerprint density at radius 3 is 1.39 bits per heavy atom. The summed E-state index contributed by atoms with van der Waals surface area (Å²) < 4.78 is 4.40. The fraction of sp³-hybridized carbons (Fsp3) is 0.143. The van der Waals surface area contributed by atoms with Gasteiger partial charge in [0.15, 0.2) is 9.75 Å². The van der Waals surface area contributed by atoms with Crippen LogP contribution in [0.1, 0.15) is 9.75 Å². The molecule has 0 aliphatic heterocycles. The predicted octanol–water partition coefficient (Wildman–Crippen LogP) is 6.45. The minimum atomic E-state index is 1.33. The van der Waals surface area contributed by atoms with Gasteiger partial charge in [0.2, 0.25) is 9.39 Å². The molecular weight excluding hydrogens is 296 g/mol. The van der Waals surface area contributed by atoms with Crippen LogP contribution in [0.25, 0.3) is 20.9 Å². The Balaban J connectivity index is 2.00. The van der Waals surface area contributed by atoms with Crippen molar-refractivity contribution in [2.45, 2.75) is 13.8 Å². The van der Waals surface area contributed by atoms with Gasteiger partial charge in [-0.05, 0) is 13.8 Å². The van der Waals surface area contributed by atoms with E-state index in [2.05, 4.69) is 47.5 Å². The van der Waals surface area contributed by atoms with Crippen LogP contribution in [0, 0.1) is 13.8 Å². The van der Waals surface area contributed by atoms with Gasteiger partial charge in [-0.2, -0.15) is 0 Å². The van der Waals surface area contributed by atoms with Crippen LogP contribution < -0.4 is 0 Å². The topological polar surface area (TPSA) is 0 Å². The Kier molecular flexibility index (Phi) is 3.52. The molecule has 3 aromatic rings. The van der Waals surface area contributed by atoms with Crippen LogP contribution in [0.4, 0.5) is 0 Å². The lowest BCUT2D eigenvalue weighted by atomic mass is 10.1. The van der Waals surface area contributed by atoms with Crippen LogP contribution in [0.15, 0.2) is 33.7 Å². The second-order valence-corrected chi connectivity index (χ2v) is 8.54. The molecule has 0 amide bonds. The maximum atomic E-state index is 2.24. The van der Waals surface area contributed by atoms with Gasteiger partial charge in [-0.15, -0.1) is 0 Å². The van der Waals surface area contributed by atoms with Crippen molar-refractivity contribution in [1.82, 2.24) is 0 Å². The van der Waals surface area contributed by atoms with Gasteiger partial charge in [0, 0.05) is 11.1 Å². The van der Waals surface area contributed by atoms with Gasteiger partial charge in [0.1, 0.15) is 9.75 Å². The fourth-order valence-electron chi connectivity index (χ4n) is 1.88. The molecule has 0 N–H and O–H groups in total. The Labute approximate surface area is 123 Å². The van der Waals surface area contributed by atoms with Crippen molar-refractivity contribution in [1.29, 1.82) is 0 Å². The maximum absolute atomic E-state index is 2.24. The third-order valence-electron chi connectivity index (χ3n) is 2.83. The van der Waals surface area contributed by atoms with Crippen molar-refractivity contribution < 1.29 is 0 Å². The molecule has 0 saturated heterocycles. The molecule has 0 atom stereocenters. The van der Waals surface area contributed by atoms with Gasteiger partial charge < -0.3 is 0 Å². The Hall–Kier alpha value is -0.680. The summed E-state index contributed by atoms with van der Waals surface area (Å²) in [5, 5.41) is 0. The first-order chi connectivity index (χ1) is 8.75. The quantitative estimate of drug-likeness (QED) is 0.477. The normalized spacial score (nSPS) is 10.8. The number of aryl methyl sites for hydroxylation is 2. The molecule has 2 aromatic heterocycles. The van der Waals surface area contributed by atoms with E-state index in [1.54, 1.807) is 0 Å². The van der Waals surface area contributed by atoms with E-state index in [1.165, 1.54) is 30.6 Å². The third-order valence-corrected chi connectivity index (χ3v) is 7.30. The lowest BCUT2D eigenvalue weighted by Gasteiger charge is -1.97. The number of benzene rings is 1. The zero-order valence-electron chi connectivity index (χ0n) is 10.1. The molecule has 0 radical (unpaired) electrons. The highest BCUT2D eigenvalue weighted by Crippen LogP contribution is 2.36. The third kappa shape index (κ3) is 2.26. The van der Waals surface area contributed by atoms with E-state index < -0.39 is 0 Å². The highest BCUT2D eigenvalue weighted by molar-refractivity contribution is 7.30. The lowest BCUT2D eigenvalue weighted by molar-refractivity contribution is 1.60. The molecule has 0 aliphatic carbocycles. The Morgan fingerprint density at radius 2 is 1.11 bits per heavy atom. The Bertz CT molecular complexity index is 602. The van der Waals surface area contributed by atoms with Crippen molar-refractivity contribution in [3.8, 4) is 20.9 Å². The van der Waals surface area contributed by atoms with Crippen LogP contribution in [0.3, 0.4) is 0 Å². The molecule has 18 heavy (non-hydrogen) atoms. The van der Waals surface area contributed by atoms with Crippen molar-refractivity contribution in [2.75, 3.05) is 0 Å². The summed E-state index contributed by atoms with van der Waals surface area (Å²) in [7, 11) is 0. The van der Waals surface area contributed by atoms with Crippen molar-refractivity contribution in [3.05, 3.63) is 43.4 Å². The summed E-state index contributed by atoms with van der Waals surface area (Å²) in [6.45, 7) is 4.38. The first-order valence-electron chi connectivity index (χ1n) is 5.58. The SMILES string of the molecule is Cc1sc[s+]c1-c1ccc(-c2[s+]csc2C)cc1. The molecule has 0 unspecified atom stereocenters. The van der Waals surface area contributed by atoms with Crippen LogP contribution in [-0.4, -0.2) is 0 Å². The van der Waals surface area contributed by atoms with Gasteiger partial charge >= 0.3 is 0 Å². The van der Waals surface area contributed by atoms with E-state index >= 15 is 0 Å². The summed E-state index contributed by atoms with van der Waals surface area (Å²) in [5.74, 6) is 0. The first kappa shape index (κ1) is 12.4. The van der Waals surface area contributed by atoms with E-state index in [-0.39, 0.29) is 0 Å². The summed E-state index contributed by atoms with van der Waals surface area (Å²) in [5.41, 5.74) is 2.67. The molecule has 0 nitrogen and oxygen atoms in total. The molecule has 0 fully saturated rings. The molecule has 4 heteroatoms. The Morgan fingerprint density at radius 1 is 0.722 bits per heavy atom. The smallest absolute Gasteiger partial charge is 0.0508 e. The van der Waals surface area contributed by atoms with Gasteiger partial charge in [-0.3, -0.25) is 0 Å². The van der Waals surface area contributed by atoms with Crippen LogP contribution in [-0.2, 0) is 0 Å². The highest BCUT2D eigenvalue weighted by Gasteiger charge is 2.16. The second-order valence-electron chi connectivity index (χ2n) is 4.01. The van der Waals surface area contributed by atoms with Crippen LogP contribution in [0.2, 0.25) is 0 Å². The van der Waals surface area contributed by atoms with E-state index in [0.717, 1.165) is 0 Å². The summed E-state index contributed by atoms with van der Waals surface area (Å²) in [6.07, 6.45) is 0. The minimum absolute atomic E-state index is 1.33. The first-order valence-corrected chi connectivity index (χ1v) is 9.10. The molecule has 2 heterocycles. The number of rotatable bonds is 2. The summed E-state index contributed by atoms with van der Waals surface area (Å²) >= 11 is 7.32. The van der Waals surface area contributed by atoms with Gasteiger partial charge in [-0.1, -0.05) is 24.3 Å². The standard InChI is InChI=1S/C14H12S4/c1-9-13(17-7-15-9)11-3-5-12(6-4-11)14-10(2)16-8-18-14/h3-8H,1-2H3/q+2. The minimum Gasteiger partial charge on any atom is -0.0508 e. The molecule has 0 bridgehead atoms. The zero-order chi connectivity index (χ0) is 12.5. The monoisotopic (exact) mass is 308 g/mol. The zero-order valence-corrected chi connectivity index (χ0v) is 13.4. The number of hydrogen-bond donors (Lipinski definition) is 0. The van der Waals surface area contributed by atoms with Crippen molar-refractivity contribution >= 4 is 45.3 Å². The summed E-state index contributed by atoms with van der Waals surface area (Å²) in [4.78, 5) is 5.61. The molecular formula is C14H12S4+2. The van der Waals surface area contributed by atoms with Crippen molar-refractivity contribution in [2.24, 2.45) is 0 Å². The molecule has 3 rings (SSSR count). The summed E-state index contributed by atoms with van der Waals surface area (Å²) in [6, 6.07) is 8.96. The average Bonchev–Trinajstić information content (AvgIpc) is 2.98. The maximum Gasteiger partial charge on any atom is 0.243 e. The van der Waals surface area contributed by atoms with Crippen LogP contribution in [0.5, 0.6) is 0 Å². The molecule has 0 saturated carbocycles. The van der Waals surface area contributed by atoms with E-state index in [1.807, 2.05) is 45.3 Å². The lowest BCUT2D eigenvalue weighted by Crippen LogP contribution is -1.78. The van der Waals surface area contributed by atoms with E-state index in [9.17, 15) is 0 Å². The molecule has 1 aromatic carbocycles. The van der Waals surface area contributed by atoms with Crippen LogP contribution >= 0.6 is 45.3 Å². The highest BCUT2D eigenvalue weighted by atomic mass is 32.2. The van der Waals surface area contributed by atoms with E-state index in [0.29, 0.717) is 0 Å². The molecule has 90 valence electrons. The molecule has 0 aliphatic rings. The van der Waals surface area contributed by atoms with E-state index in [4.69, 9.17) is 0 Å². The van der Waals surface area contributed by atoms with Gasteiger partial charge in [-0.25, -0.2) is 0 Å². The second kappa shape index (κ2) is 5.13. The van der Waals surface area contributed by atoms with Crippen molar-refractivity contribution in [3.63, 3.8) is 0 Å². The number of hydrogen-bond acceptors (Lipinski definition) is 2. The fourth-order valence-corrected chi connectivity index (χ4v) is 6.09. The average molecular weight is 309 g/mol. The van der Waals surface area contributed by atoms with Gasteiger partial charge in [0.25, 0.3) is 0 Å². The largest absolute Gasteiger partial charge is 0.243 e. The van der Waals surface area contributed by atoms with Gasteiger partial charge in [0.05, 0.1) is 45.3 Å². The predicted molar refractivity (Wildman–Crippen MR) is 87.1 cm³/mol. The molecule has 0 spiro atoms.